The SMILES string of the molecule is O=P([O-])([O-])c1ccc(Cl)cc1.[Na+].[Na+]. The zero-order valence-electron chi connectivity index (χ0n) is 7.36. The van der Waals surface area contributed by atoms with Gasteiger partial charge in [0.1, 0.15) is 0 Å². The van der Waals surface area contributed by atoms with E-state index in [9.17, 15) is 14.4 Å². The maximum absolute atomic E-state index is 10.4. The van der Waals surface area contributed by atoms with Crippen molar-refractivity contribution in [3.63, 3.8) is 0 Å². The number of halogens is 1. The molecule has 1 aromatic carbocycles. The number of hydrogen-bond acceptors (Lipinski definition) is 3. The van der Waals surface area contributed by atoms with Gasteiger partial charge in [-0.2, -0.15) is 0 Å². The van der Waals surface area contributed by atoms with E-state index in [1.54, 1.807) is 0 Å². The molecule has 7 heteroatoms. The first kappa shape index (κ1) is 17.1. The van der Waals surface area contributed by atoms with Gasteiger partial charge in [0, 0.05) is 5.02 Å². The molecule has 0 N–H and O–H groups in total. The van der Waals surface area contributed by atoms with E-state index in [0.717, 1.165) is 0 Å². The van der Waals surface area contributed by atoms with Crippen molar-refractivity contribution in [1.29, 1.82) is 0 Å². The number of hydrogen-bond donors (Lipinski definition) is 0. The summed E-state index contributed by atoms with van der Waals surface area (Å²) in [7, 11) is -4.60. The Morgan fingerprint density at radius 1 is 1.08 bits per heavy atom. The Balaban J connectivity index is 0. The van der Waals surface area contributed by atoms with Crippen molar-refractivity contribution in [1.82, 2.24) is 0 Å². The van der Waals surface area contributed by atoms with Gasteiger partial charge in [-0.15, -0.1) is 0 Å². The predicted octanol–water partition coefficient (Wildman–Crippen LogP) is -6.11. The fraction of sp³-hybridized carbons (Fsp3) is 0. The molecular weight excluding hydrogens is 232 g/mol. The molecule has 0 spiro atoms. The van der Waals surface area contributed by atoms with E-state index in [4.69, 9.17) is 11.6 Å². The fourth-order valence-corrected chi connectivity index (χ4v) is 1.26. The summed E-state index contributed by atoms with van der Waals surface area (Å²) in [6.07, 6.45) is 0. The van der Waals surface area contributed by atoms with Crippen molar-refractivity contribution < 1.29 is 73.5 Å². The second kappa shape index (κ2) is 7.02. The van der Waals surface area contributed by atoms with Crippen molar-refractivity contribution in [3.05, 3.63) is 29.3 Å². The van der Waals surface area contributed by atoms with Crippen LogP contribution >= 0.6 is 19.2 Å². The van der Waals surface area contributed by atoms with Gasteiger partial charge in [-0.05, 0) is 25.0 Å². The molecule has 0 atom stereocenters. The summed E-state index contributed by atoms with van der Waals surface area (Å²) in [6.45, 7) is 0. The molecule has 3 nitrogen and oxygen atoms in total. The minimum absolute atomic E-state index is 0. The molecule has 0 aromatic heterocycles. The van der Waals surface area contributed by atoms with Crippen LogP contribution in [0.3, 0.4) is 0 Å². The van der Waals surface area contributed by atoms with E-state index in [1.165, 1.54) is 24.3 Å². The number of rotatable bonds is 1. The van der Waals surface area contributed by atoms with Crippen molar-refractivity contribution in [2.75, 3.05) is 0 Å². The van der Waals surface area contributed by atoms with Crippen LogP contribution in [0.2, 0.25) is 5.02 Å². The van der Waals surface area contributed by atoms with Crippen molar-refractivity contribution in [2.24, 2.45) is 0 Å². The summed E-state index contributed by atoms with van der Waals surface area (Å²) in [6, 6.07) is 5.09. The van der Waals surface area contributed by atoms with Gasteiger partial charge in [0.05, 0.1) is 0 Å². The second-order valence-electron chi connectivity index (χ2n) is 1.97. The first-order valence-corrected chi connectivity index (χ1v) is 4.70. The molecule has 1 aromatic rings. The van der Waals surface area contributed by atoms with E-state index in [1.807, 2.05) is 0 Å². The molecule has 0 heterocycles. The molecular formula is C6H4ClNa2O3P. The van der Waals surface area contributed by atoms with Crippen LogP contribution in [0.5, 0.6) is 0 Å². The third-order valence-corrected chi connectivity index (χ3v) is 2.33. The van der Waals surface area contributed by atoms with Gasteiger partial charge in [0.25, 0.3) is 0 Å². The molecule has 0 unspecified atom stereocenters. The van der Waals surface area contributed by atoms with Crippen LogP contribution < -0.4 is 74.2 Å². The van der Waals surface area contributed by atoms with Crippen LogP contribution in [0, 0.1) is 0 Å². The summed E-state index contributed by atoms with van der Waals surface area (Å²) < 4.78 is 10.4. The zero-order valence-corrected chi connectivity index (χ0v) is 13.0. The topological polar surface area (TPSA) is 63.2 Å². The van der Waals surface area contributed by atoms with Crippen molar-refractivity contribution >= 4 is 24.5 Å². The van der Waals surface area contributed by atoms with E-state index >= 15 is 0 Å². The van der Waals surface area contributed by atoms with E-state index in [0.29, 0.717) is 5.02 Å². The van der Waals surface area contributed by atoms with E-state index in [-0.39, 0.29) is 64.4 Å². The zero-order chi connectivity index (χ0) is 8.48. The third-order valence-electron chi connectivity index (χ3n) is 1.14. The normalized spacial score (nSPS) is 9.77. The fourth-order valence-electron chi connectivity index (χ4n) is 0.624. The molecule has 0 bridgehead atoms. The minimum Gasteiger partial charge on any atom is -0.807 e. The molecule has 0 aliphatic heterocycles. The van der Waals surface area contributed by atoms with Gasteiger partial charge in [0.15, 0.2) is 0 Å². The van der Waals surface area contributed by atoms with Crippen LogP contribution in [0.1, 0.15) is 0 Å². The maximum atomic E-state index is 10.4. The van der Waals surface area contributed by atoms with Crippen LogP contribution in [-0.2, 0) is 4.57 Å². The largest absolute Gasteiger partial charge is 1.00 e. The molecule has 0 aliphatic rings. The monoisotopic (exact) mass is 236 g/mol. The van der Waals surface area contributed by atoms with Gasteiger partial charge >= 0.3 is 59.1 Å². The number of benzene rings is 1. The Hall–Kier alpha value is 1.66. The van der Waals surface area contributed by atoms with Gasteiger partial charge in [0.2, 0.25) is 0 Å². The minimum atomic E-state index is -4.60. The van der Waals surface area contributed by atoms with Crippen LogP contribution in [0.25, 0.3) is 0 Å². The average Bonchev–Trinajstić information content (AvgIpc) is 1.86. The van der Waals surface area contributed by atoms with Crippen molar-refractivity contribution in [3.8, 4) is 0 Å². The van der Waals surface area contributed by atoms with E-state index < -0.39 is 7.60 Å². The predicted molar refractivity (Wildman–Crippen MR) is 38.7 cm³/mol. The van der Waals surface area contributed by atoms with Gasteiger partial charge in [-0.1, -0.05) is 23.7 Å². The van der Waals surface area contributed by atoms with Gasteiger partial charge in [-0.25, -0.2) is 0 Å². The van der Waals surface area contributed by atoms with Crippen molar-refractivity contribution in [2.45, 2.75) is 0 Å². The Kier molecular flexibility index (Phi) is 9.22. The first-order valence-electron chi connectivity index (χ1n) is 2.78. The molecule has 0 aliphatic carbocycles. The summed E-state index contributed by atoms with van der Waals surface area (Å²) in [5.74, 6) is 0. The van der Waals surface area contributed by atoms with Gasteiger partial charge in [-0.3, -0.25) is 0 Å². The quantitative estimate of drug-likeness (QED) is 0.360. The van der Waals surface area contributed by atoms with Crippen LogP contribution in [0.15, 0.2) is 24.3 Å². The molecule has 0 radical (unpaired) electrons. The summed E-state index contributed by atoms with van der Waals surface area (Å²) in [5.41, 5.74) is 0. The molecule has 60 valence electrons. The average molecular weight is 237 g/mol. The second-order valence-corrected chi connectivity index (χ2v) is 3.92. The summed E-state index contributed by atoms with van der Waals surface area (Å²) >= 11 is 5.47. The van der Waals surface area contributed by atoms with E-state index in [2.05, 4.69) is 0 Å². The van der Waals surface area contributed by atoms with Crippen LogP contribution in [-0.4, -0.2) is 0 Å². The molecule has 1 rings (SSSR count). The smallest absolute Gasteiger partial charge is 0.807 e. The molecule has 0 fully saturated rings. The Morgan fingerprint density at radius 3 is 1.77 bits per heavy atom. The molecule has 13 heavy (non-hydrogen) atoms. The van der Waals surface area contributed by atoms with Gasteiger partial charge < -0.3 is 14.4 Å². The molecule has 0 saturated heterocycles. The van der Waals surface area contributed by atoms with Crippen LogP contribution in [0.4, 0.5) is 0 Å². The Morgan fingerprint density at radius 2 is 1.46 bits per heavy atom. The summed E-state index contributed by atoms with van der Waals surface area (Å²) in [5, 5.41) is 0.170. The summed E-state index contributed by atoms with van der Waals surface area (Å²) in [4.78, 5) is 20.7. The standard InChI is InChI=1S/C6H6ClO3P.2Na/c7-5-1-3-6(4-2-5)11(8,9)10;;/h1-4H,(H2,8,9,10);;/q;2*+1/p-2. The maximum Gasteiger partial charge on any atom is 1.00 e. The third kappa shape index (κ3) is 5.95. The molecule has 0 amide bonds. The Labute approximate surface area is 126 Å². The molecule has 0 saturated carbocycles. The Bertz CT molecular complexity index is 297. The first-order chi connectivity index (χ1) is 5.00.